The van der Waals surface area contributed by atoms with Gasteiger partial charge in [0.2, 0.25) is 0 Å². The van der Waals surface area contributed by atoms with Crippen molar-refractivity contribution in [1.29, 1.82) is 0 Å². The minimum absolute atomic E-state index is 0.0342. The number of hydrogen-bond acceptors (Lipinski definition) is 4. The molecule has 2 amide bonds. The fourth-order valence-electron chi connectivity index (χ4n) is 2.63. The molecule has 2 unspecified atom stereocenters. The Morgan fingerprint density at radius 1 is 1.45 bits per heavy atom. The topological polar surface area (TPSA) is 69.6 Å². The molecule has 7 heteroatoms. The van der Waals surface area contributed by atoms with Crippen LogP contribution in [0.15, 0.2) is 0 Å². The average Bonchev–Trinajstić information content (AvgIpc) is 2.83. The third kappa shape index (κ3) is 4.22. The molecule has 20 heavy (non-hydrogen) atoms. The van der Waals surface area contributed by atoms with Gasteiger partial charge in [-0.1, -0.05) is 0 Å². The van der Waals surface area contributed by atoms with E-state index < -0.39 is 5.97 Å². The zero-order chi connectivity index (χ0) is 14.6. The molecule has 0 spiro atoms. The zero-order valence-electron chi connectivity index (χ0n) is 11.8. The summed E-state index contributed by atoms with van der Waals surface area (Å²) in [5, 5.41) is 11.9. The van der Waals surface area contributed by atoms with Crippen molar-refractivity contribution < 1.29 is 14.7 Å². The highest BCUT2D eigenvalue weighted by Gasteiger charge is 2.33. The first-order valence-corrected chi connectivity index (χ1v) is 9.12. The molecule has 2 saturated heterocycles. The van der Waals surface area contributed by atoms with Gasteiger partial charge in [-0.25, -0.2) is 4.79 Å². The first-order valence-electron chi connectivity index (χ1n) is 6.98. The highest BCUT2D eigenvalue weighted by molar-refractivity contribution is 8.00. The predicted molar refractivity (Wildman–Crippen MR) is 83.6 cm³/mol. The molecule has 5 nitrogen and oxygen atoms in total. The van der Waals surface area contributed by atoms with E-state index in [2.05, 4.69) is 12.2 Å². The summed E-state index contributed by atoms with van der Waals surface area (Å²) in [5.74, 6) is 1.92. The van der Waals surface area contributed by atoms with Crippen molar-refractivity contribution in [1.82, 2.24) is 10.2 Å². The molecule has 2 atom stereocenters. The molecule has 0 radical (unpaired) electrons. The lowest BCUT2D eigenvalue weighted by molar-refractivity contribution is -0.137. The van der Waals surface area contributed by atoms with Gasteiger partial charge in [-0.05, 0) is 25.5 Å². The van der Waals surface area contributed by atoms with Crippen LogP contribution in [0.3, 0.4) is 0 Å². The van der Waals surface area contributed by atoms with Gasteiger partial charge in [0.1, 0.15) is 0 Å². The standard InChI is InChI=1S/C13H22N2O3S2/c1-13(3-2-5-20-13)9-14-12(18)15-4-6-19-8-10(15)7-11(16)17/h10H,2-9H2,1H3,(H,14,18)(H,16,17). The summed E-state index contributed by atoms with van der Waals surface area (Å²) in [6.07, 6.45) is 2.37. The van der Waals surface area contributed by atoms with E-state index in [-0.39, 0.29) is 23.2 Å². The number of amides is 2. The van der Waals surface area contributed by atoms with Gasteiger partial charge in [0.15, 0.2) is 0 Å². The van der Waals surface area contributed by atoms with Crippen LogP contribution in [0, 0.1) is 0 Å². The van der Waals surface area contributed by atoms with Crippen LogP contribution in [-0.2, 0) is 4.79 Å². The number of rotatable bonds is 4. The van der Waals surface area contributed by atoms with E-state index in [1.54, 1.807) is 16.7 Å². The van der Waals surface area contributed by atoms with Gasteiger partial charge in [-0.15, -0.1) is 0 Å². The summed E-state index contributed by atoms with van der Waals surface area (Å²) in [7, 11) is 0. The Balaban J connectivity index is 1.87. The van der Waals surface area contributed by atoms with Gasteiger partial charge < -0.3 is 15.3 Å². The Bertz CT molecular complexity index is 373. The number of carboxylic acids is 1. The summed E-state index contributed by atoms with van der Waals surface area (Å²) in [6, 6.07) is -0.291. The largest absolute Gasteiger partial charge is 0.481 e. The summed E-state index contributed by atoms with van der Waals surface area (Å²) in [6.45, 7) is 3.49. The summed E-state index contributed by atoms with van der Waals surface area (Å²) < 4.78 is 0.141. The molecule has 0 aromatic heterocycles. The van der Waals surface area contributed by atoms with Crippen LogP contribution in [0.2, 0.25) is 0 Å². The molecule has 2 aliphatic heterocycles. The minimum Gasteiger partial charge on any atom is -0.481 e. The second-order valence-corrected chi connectivity index (χ2v) is 8.41. The van der Waals surface area contributed by atoms with Crippen molar-refractivity contribution in [3.8, 4) is 0 Å². The van der Waals surface area contributed by atoms with Crippen LogP contribution in [0.25, 0.3) is 0 Å². The Labute approximate surface area is 128 Å². The summed E-state index contributed by atoms with van der Waals surface area (Å²) in [5.41, 5.74) is 0. The van der Waals surface area contributed by atoms with Gasteiger partial charge in [-0.3, -0.25) is 4.79 Å². The molecular weight excluding hydrogens is 296 g/mol. The molecule has 2 N–H and O–H groups in total. The van der Waals surface area contributed by atoms with Crippen molar-refractivity contribution in [3.63, 3.8) is 0 Å². The molecule has 2 aliphatic rings. The van der Waals surface area contributed by atoms with Gasteiger partial charge >= 0.3 is 12.0 Å². The lowest BCUT2D eigenvalue weighted by Gasteiger charge is -2.35. The number of thioether (sulfide) groups is 2. The number of hydrogen-bond donors (Lipinski definition) is 2. The molecule has 0 aromatic carbocycles. The number of nitrogens with zero attached hydrogens (tertiary/aromatic N) is 1. The molecule has 2 fully saturated rings. The van der Waals surface area contributed by atoms with Gasteiger partial charge in [0, 0.05) is 29.3 Å². The molecular formula is C13H22N2O3S2. The molecule has 2 heterocycles. The molecule has 2 rings (SSSR count). The van der Waals surface area contributed by atoms with E-state index in [1.807, 2.05) is 11.8 Å². The minimum atomic E-state index is -0.839. The maximum atomic E-state index is 12.3. The van der Waals surface area contributed by atoms with Crippen molar-refractivity contribution in [2.75, 3.05) is 30.3 Å². The first-order chi connectivity index (χ1) is 9.50. The van der Waals surface area contributed by atoms with E-state index >= 15 is 0 Å². The number of carboxylic acid groups (broad SMARTS) is 1. The van der Waals surface area contributed by atoms with Crippen molar-refractivity contribution >= 4 is 35.5 Å². The lowest BCUT2D eigenvalue weighted by atomic mass is 10.1. The van der Waals surface area contributed by atoms with E-state index in [9.17, 15) is 9.59 Å². The van der Waals surface area contributed by atoms with E-state index in [1.165, 1.54) is 6.42 Å². The number of aliphatic carboxylic acids is 1. The maximum absolute atomic E-state index is 12.3. The number of nitrogens with one attached hydrogen (secondary N) is 1. The number of urea groups is 1. The monoisotopic (exact) mass is 318 g/mol. The Morgan fingerprint density at radius 3 is 2.90 bits per heavy atom. The van der Waals surface area contributed by atoms with Gasteiger partial charge in [0.25, 0.3) is 0 Å². The third-order valence-corrected chi connectivity index (χ3v) is 6.44. The maximum Gasteiger partial charge on any atom is 0.317 e. The van der Waals surface area contributed by atoms with Crippen LogP contribution in [0.4, 0.5) is 4.79 Å². The molecule has 0 aromatic rings. The lowest BCUT2D eigenvalue weighted by Crippen LogP contribution is -2.53. The Hall–Kier alpha value is -0.560. The summed E-state index contributed by atoms with van der Waals surface area (Å²) in [4.78, 5) is 24.9. The normalized spacial score (nSPS) is 30.2. The van der Waals surface area contributed by atoms with E-state index in [0.717, 1.165) is 17.9 Å². The Kier molecular flexibility index (Phi) is 5.49. The quantitative estimate of drug-likeness (QED) is 0.828. The molecule has 0 aliphatic carbocycles. The SMILES string of the molecule is CC1(CNC(=O)N2CCSCC2CC(=O)O)CCCS1. The third-order valence-electron chi connectivity index (χ3n) is 3.81. The zero-order valence-corrected chi connectivity index (χ0v) is 13.4. The van der Waals surface area contributed by atoms with Gasteiger partial charge in [-0.2, -0.15) is 23.5 Å². The van der Waals surface area contributed by atoms with Gasteiger partial charge in [0.05, 0.1) is 12.5 Å². The highest BCUT2D eigenvalue weighted by Crippen LogP contribution is 2.37. The second-order valence-electron chi connectivity index (χ2n) is 5.58. The fraction of sp³-hybridized carbons (Fsp3) is 0.846. The molecule has 114 valence electrons. The second kappa shape index (κ2) is 6.93. The van der Waals surface area contributed by atoms with Crippen LogP contribution in [0.5, 0.6) is 0 Å². The Morgan fingerprint density at radius 2 is 2.25 bits per heavy atom. The van der Waals surface area contributed by atoms with Crippen LogP contribution >= 0.6 is 23.5 Å². The van der Waals surface area contributed by atoms with E-state index in [0.29, 0.717) is 18.8 Å². The molecule has 0 bridgehead atoms. The smallest absolute Gasteiger partial charge is 0.317 e. The first kappa shape index (κ1) is 15.8. The molecule has 0 saturated carbocycles. The van der Waals surface area contributed by atoms with Crippen LogP contribution < -0.4 is 5.32 Å². The predicted octanol–water partition coefficient (Wildman–Crippen LogP) is 1.87. The highest BCUT2D eigenvalue weighted by atomic mass is 32.2. The van der Waals surface area contributed by atoms with Crippen molar-refractivity contribution in [2.24, 2.45) is 0 Å². The van der Waals surface area contributed by atoms with Crippen LogP contribution in [0.1, 0.15) is 26.2 Å². The number of carbonyl (C=O) groups is 2. The number of carbonyl (C=O) groups excluding carboxylic acids is 1. The fourth-order valence-corrected chi connectivity index (χ4v) is 4.94. The average molecular weight is 318 g/mol. The van der Waals surface area contributed by atoms with E-state index in [4.69, 9.17) is 5.11 Å². The van der Waals surface area contributed by atoms with Crippen LogP contribution in [-0.4, -0.2) is 63.1 Å². The summed E-state index contributed by atoms with van der Waals surface area (Å²) >= 11 is 3.63. The van der Waals surface area contributed by atoms with Crippen molar-refractivity contribution in [3.05, 3.63) is 0 Å². The van der Waals surface area contributed by atoms with Crippen molar-refractivity contribution in [2.45, 2.75) is 37.0 Å².